The van der Waals surface area contributed by atoms with Gasteiger partial charge in [-0.3, -0.25) is 4.99 Å². The summed E-state index contributed by atoms with van der Waals surface area (Å²) in [7, 11) is 1.75. The molecule has 0 aliphatic heterocycles. The molecule has 1 aromatic carbocycles. The van der Waals surface area contributed by atoms with Crippen LogP contribution in [0.25, 0.3) is 0 Å². The van der Waals surface area contributed by atoms with Gasteiger partial charge in [-0.1, -0.05) is 6.07 Å². The van der Waals surface area contributed by atoms with Gasteiger partial charge in [0.2, 0.25) is 10.0 Å². The highest BCUT2D eigenvalue weighted by molar-refractivity contribution is 7.89. The Morgan fingerprint density at radius 3 is 2.44 bits per heavy atom. The molecule has 9 heteroatoms. The fraction of sp³-hybridized carbons (Fsp3) is 0.562. The second-order valence-electron chi connectivity index (χ2n) is 5.19. The Balaban J connectivity index is 2.40. The van der Waals surface area contributed by atoms with Crippen molar-refractivity contribution < 1.29 is 17.9 Å². The van der Waals surface area contributed by atoms with Crippen molar-refractivity contribution in [2.75, 3.05) is 40.1 Å². The topological polar surface area (TPSA) is 101 Å². The van der Waals surface area contributed by atoms with E-state index in [2.05, 4.69) is 20.3 Å². The van der Waals surface area contributed by atoms with Crippen molar-refractivity contribution in [3.05, 3.63) is 23.8 Å². The van der Waals surface area contributed by atoms with Gasteiger partial charge >= 0.3 is 0 Å². The molecule has 0 bridgehead atoms. The maximum absolute atomic E-state index is 11.3. The largest absolute Gasteiger partial charge is 0.493 e. The third kappa shape index (κ3) is 7.61. The zero-order valence-corrected chi connectivity index (χ0v) is 16.1. The number of nitrogens with one attached hydrogen (secondary N) is 3. The predicted octanol–water partition coefficient (Wildman–Crippen LogP) is 0.698. The van der Waals surface area contributed by atoms with E-state index in [0.717, 1.165) is 5.56 Å². The van der Waals surface area contributed by atoms with Gasteiger partial charge in [0, 0.05) is 26.7 Å². The van der Waals surface area contributed by atoms with Crippen LogP contribution in [-0.2, 0) is 16.6 Å². The van der Waals surface area contributed by atoms with E-state index in [1.807, 2.05) is 18.2 Å². The van der Waals surface area contributed by atoms with Crippen molar-refractivity contribution in [1.82, 2.24) is 15.4 Å². The van der Waals surface area contributed by atoms with Crippen molar-refractivity contribution in [1.29, 1.82) is 0 Å². The van der Waals surface area contributed by atoms with E-state index in [9.17, 15) is 8.42 Å². The van der Waals surface area contributed by atoms with Gasteiger partial charge < -0.3 is 20.1 Å². The molecule has 0 unspecified atom stereocenters. The van der Waals surface area contributed by atoms with Crippen LogP contribution in [0.4, 0.5) is 0 Å². The first-order valence-corrected chi connectivity index (χ1v) is 9.73. The zero-order valence-electron chi connectivity index (χ0n) is 15.3. The van der Waals surface area contributed by atoms with Crippen LogP contribution in [0.1, 0.15) is 18.9 Å². The lowest BCUT2D eigenvalue weighted by molar-refractivity contribution is 0.354. The van der Waals surface area contributed by atoms with Crippen LogP contribution in [0.15, 0.2) is 23.2 Å². The van der Waals surface area contributed by atoms with Crippen molar-refractivity contribution in [3.8, 4) is 11.5 Å². The third-order valence-electron chi connectivity index (χ3n) is 3.48. The quantitative estimate of drug-likeness (QED) is 0.317. The molecule has 0 saturated heterocycles. The van der Waals surface area contributed by atoms with E-state index in [1.165, 1.54) is 0 Å². The number of sulfonamides is 1. The van der Waals surface area contributed by atoms with E-state index in [1.54, 1.807) is 28.2 Å². The fourth-order valence-electron chi connectivity index (χ4n) is 2.02. The molecule has 1 aromatic rings. The Morgan fingerprint density at radius 1 is 1.12 bits per heavy atom. The molecule has 0 aliphatic carbocycles. The fourth-order valence-corrected chi connectivity index (χ4v) is 2.68. The maximum Gasteiger partial charge on any atom is 0.211 e. The summed E-state index contributed by atoms with van der Waals surface area (Å²) >= 11 is 0. The first-order chi connectivity index (χ1) is 12.0. The summed E-state index contributed by atoms with van der Waals surface area (Å²) in [5, 5.41) is 6.34. The van der Waals surface area contributed by atoms with Gasteiger partial charge in [0.25, 0.3) is 0 Å². The first kappa shape index (κ1) is 21.0. The van der Waals surface area contributed by atoms with E-state index in [0.29, 0.717) is 43.5 Å². The molecule has 0 heterocycles. The number of hydrogen-bond acceptors (Lipinski definition) is 5. The molecule has 8 nitrogen and oxygen atoms in total. The molecule has 0 spiro atoms. The monoisotopic (exact) mass is 372 g/mol. The molecular weight excluding hydrogens is 344 g/mol. The van der Waals surface area contributed by atoms with Crippen LogP contribution >= 0.6 is 0 Å². The maximum atomic E-state index is 11.3. The molecular formula is C16H28N4O4S. The SMILES string of the molecule is CCS(=O)(=O)NCCCNC(=NC)NCc1ccc(OC)c(OC)c1. The average Bonchev–Trinajstić information content (AvgIpc) is 2.63. The molecule has 3 N–H and O–H groups in total. The highest BCUT2D eigenvalue weighted by Gasteiger charge is 2.06. The molecule has 0 radical (unpaired) electrons. The van der Waals surface area contributed by atoms with Crippen molar-refractivity contribution in [3.63, 3.8) is 0 Å². The number of aliphatic imine (C=N–C) groups is 1. The number of benzene rings is 1. The van der Waals surface area contributed by atoms with Crippen LogP contribution in [0.5, 0.6) is 11.5 Å². The van der Waals surface area contributed by atoms with Crippen LogP contribution < -0.4 is 24.8 Å². The standard InChI is InChI=1S/C16H28N4O4S/c1-5-25(21,22)20-10-6-9-18-16(17-2)19-12-13-7-8-14(23-3)15(11-13)24-4/h7-8,11,20H,5-6,9-10,12H2,1-4H3,(H2,17,18,19). The second-order valence-corrected chi connectivity index (χ2v) is 7.29. The summed E-state index contributed by atoms with van der Waals surface area (Å²) in [4.78, 5) is 4.14. The molecule has 0 fully saturated rings. The van der Waals surface area contributed by atoms with E-state index in [4.69, 9.17) is 9.47 Å². The summed E-state index contributed by atoms with van der Waals surface area (Å²) < 4.78 is 35.7. The molecule has 1 rings (SSSR count). The van der Waals surface area contributed by atoms with E-state index in [-0.39, 0.29) is 5.75 Å². The minimum absolute atomic E-state index is 0.0922. The summed E-state index contributed by atoms with van der Waals surface area (Å²) in [5.74, 6) is 2.10. The Kier molecular flexibility index (Phi) is 9.07. The average molecular weight is 372 g/mol. The van der Waals surface area contributed by atoms with Crippen molar-refractivity contribution in [2.24, 2.45) is 4.99 Å². The Morgan fingerprint density at radius 2 is 1.84 bits per heavy atom. The Labute approximate surface area is 150 Å². The highest BCUT2D eigenvalue weighted by atomic mass is 32.2. The molecule has 0 amide bonds. The van der Waals surface area contributed by atoms with Gasteiger partial charge in [0.1, 0.15) is 0 Å². The summed E-state index contributed by atoms with van der Waals surface area (Å²) in [5.41, 5.74) is 1.02. The van der Waals surface area contributed by atoms with Crippen LogP contribution in [0.3, 0.4) is 0 Å². The second kappa shape index (κ2) is 10.8. The van der Waals surface area contributed by atoms with Crippen LogP contribution in [-0.4, -0.2) is 54.5 Å². The van der Waals surface area contributed by atoms with Gasteiger partial charge in [-0.2, -0.15) is 0 Å². The smallest absolute Gasteiger partial charge is 0.211 e. The zero-order chi connectivity index (χ0) is 18.7. The van der Waals surface area contributed by atoms with Crippen LogP contribution in [0.2, 0.25) is 0 Å². The van der Waals surface area contributed by atoms with Gasteiger partial charge in [0.15, 0.2) is 17.5 Å². The number of methoxy groups -OCH3 is 2. The number of rotatable bonds is 10. The molecule has 0 atom stereocenters. The minimum Gasteiger partial charge on any atom is -0.493 e. The Hall–Kier alpha value is -2.00. The lowest BCUT2D eigenvalue weighted by Gasteiger charge is -2.13. The third-order valence-corrected chi connectivity index (χ3v) is 4.88. The molecule has 0 aromatic heterocycles. The van der Waals surface area contributed by atoms with Gasteiger partial charge in [-0.15, -0.1) is 0 Å². The summed E-state index contributed by atoms with van der Waals surface area (Å²) in [6.07, 6.45) is 0.663. The number of guanidine groups is 1. The lowest BCUT2D eigenvalue weighted by Crippen LogP contribution is -2.38. The normalized spacial score (nSPS) is 11.9. The molecule has 0 saturated carbocycles. The number of ether oxygens (including phenoxy) is 2. The van der Waals surface area contributed by atoms with Crippen molar-refractivity contribution >= 4 is 16.0 Å². The Bertz CT molecular complexity index is 662. The molecule has 142 valence electrons. The first-order valence-electron chi connectivity index (χ1n) is 8.08. The van der Waals surface area contributed by atoms with E-state index >= 15 is 0 Å². The highest BCUT2D eigenvalue weighted by Crippen LogP contribution is 2.27. The van der Waals surface area contributed by atoms with Crippen LogP contribution in [0, 0.1) is 0 Å². The van der Waals surface area contributed by atoms with Crippen molar-refractivity contribution in [2.45, 2.75) is 19.9 Å². The van der Waals surface area contributed by atoms with E-state index < -0.39 is 10.0 Å². The number of nitrogens with zero attached hydrogens (tertiary/aromatic N) is 1. The minimum atomic E-state index is -3.13. The molecule has 0 aliphatic rings. The van der Waals surface area contributed by atoms with Gasteiger partial charge in [0.05, 0.1) is 20.0 Å². The molecule has 25 heavy (non-hydrogen) atoms. The lowest BCUT2D eigenvalue weighted by atomic mass is 10.2. The van der Waals surface area contributed by atoms with Gasteiger partial charge in [-0.25, -0.2) is 13.1 Å². The summed E-state index contributed by atoms with van der Waals surface area (Å²) in [6, 6.07) is 5.70. The summed E-state index contributed by atoms with van der Waals surface area (Å²) in [6.45, 7) is 3.19. The number of hydrogen-bond donors (Lipinski definition) is 3. The predicted molar refractivity (Wildman–Crippen MR) is 99.8 cm³/mol. The van der Waals surface area contributed by atoms with Gasteiger partial charge in [-0.05, 0) is 31.0 Å².